The summed E-state index contributed by atoms with van der Waals surface area (Å²) in [6.07, 6.45) is 3.68. The number of hydrogen-bond acceptors (Lipinski definition) is 7. The van der Waals surface area contributed by atoms with Gasteiger partial charge in [0.25, 0.3) is 0 Å². The van der Waals surface area contributed by atoms with E-state index in [-0.39, 0.29) is 17.0 Å². The molecule has 150 valence electrons. The summed E-state index contributed by atoms with van der Waals surface area (Å²) in [7, 11) is 0.266. The van der Waals surface area contributed by atoms with Crippen LogP contribution in [0.15, 0.2) is 16.7 Å². The third kappa shape index (κ3) is 4.96. The molecule has 2 aromatic rings. The van der Waals surface area contributed by atoms with Gasteiger partial charge in [-0.1, -0.05) is 0 Å². The predicted molar refractivity (Wildman–Crippen MR) is 106 cm³/mol. The minimum absolute atomic E-state index is 0.140. The molecule has 1 fully saturated rings. The van der Waals surface area contributed by atoms with Crippen molar-refractivity contribution >= 4 is 21.2 Å². The molecule has 2 heterocycles. The van der Waals surface area contributed by atoms with Crippen LogP contribution >= 0.6 is 11.3 Å². The Labute approximate surface area is 165 Å². The Bertz CT molecular complexity index is 871. The predicted octanol–water partition coefficient (Wildman–Crippen LogP) is 2.67. The number of sulfone groups is 1. The van der Waals surface area contributed by atoms with Gasteiger partial charge in [-0.15, -0.1) is 11.3 Å². The lowest BCUT2D eigenvalue weighted by molar-refractivity contribution is 0.180. The first-order valence-electron chi connectivity index (χ1n) is 9.20. The van der Waals surface area contributed by atoms with Gasteiger partial charge in [0.05, 0.1) is 30.3 Å². The quantitative estimate of drug-likeness (QED) is 0.597. The van der Waals surface area contributed by atoms with Crippen LogP contribution < -0.4 is 0 Å². The fourth-order valence-corrected chi connectivity index (χ4v) is 5.78. The number of hydrogen-bond donors (Lipinski definition) is 0. The zero-order valence-corrected chi connectivity index (χ0v) is 18.0. The number of methoxy groups -OCH3 is 1. The first kappa shape index (κ1) is 20.4. The van der Waals surface area contributed by atoms with Crippen molar-refractivity contribution in [1.29, 1.82) is 0 Å². The number of thiazole rings is 1. The Morgan fingerprint density at radius 1 is 1.44 bits per heavy atom. The van der Waals surface area contributed by atoms with Crippen LogP contribution in [-0.4, -0.2) is 54.4 Å². The number of nitrogens with zero attached hydrogens (tertiary/aromatic N) is 4. The molecule has 0 amide bonds. The highest BCUT2D eigenvalue weighted by atomic mass is 32.2. The molecule has 0 radical (unpaired) electrons. The fraction of sp³-hybridized carbons (Fsp3) is 0.667. The van der Waals surface area contributed by atoms with Gasteiger partial charge in [0.15, 0.2) is 0 Å². The van der Waals surface area contributed by atoms with E-state index in [4.69, 9.17) is 4.74 Å². The Hall–Kier alpha value is -1.29. The summed E-state index contributed by atoms with van der Waals surface area (Å²) in [5.41, 5.74) is 1.90. The van der Waals surface area contributed by atoms with Gasteiger partial charge in [-0.3, -0.25) is 4.90 Å². The Morgan fingerprint density at radius 2 is 2.19 bits per heavy atom. The highest BCUT2D eigenvalue weighted by Gasteiger charge is 2.32. The lowest BCUT2D eigenvalue weighted by Gasteiger charge is -2.23. The summed E-state index contributed by atoms with van der Waals surface area (Å²) >= 11 is 1.65. The van der Waals surface area contributed by atoms with Gasteiger partial charge in [0.2, 0.25) is 15.0 Å². The average Bonchev–Trinajstić information content (AvgIpc) is 3.15. The summed E-state index contributed by atoms with van der Waals surface area (Å²) in [4.78, 5) is 11.0. The van der Waals surface area contributed by atoms with Gasteiger partial charge in [0.1, 0.15) is 5.01 Å². The smallest absolute Gasteiger partial charge is 0.227 e. The molecule has 1 aliphatic carbocycles. The number of imidazole rings is 1. The van der Waals surface area contributed by atoms with Crippen molar-refractivity contribution in [1.82, 2.24) is 19.4 Å². The SMILES string of the molecule is COCCn1c(CN(C)[C@@H](C)c2nc(C)cs2)cnc1S(=O)(=O)CC1CC1. The van der Waals surface area contributed by atoms with Gasteiger partial charge in [-0.25, -0.2) is 18.4 Å². The van der Waals surface area contributed by atoms with Crippen LogP contribution in [0, 0.1) is 12.8 Å². The fourth-order valence-electron chi connectivity index (χ4n) is 3.00. The average molecular weight is 413 g/mol. The van der Waals surface area contributed by atoms with E-state index in [1.807, 2.05) is 19.4 Å². The van der Waals surface area contributed by atoms with Crippen molar-refractivity contribution in [3.63, 3.8) is 0 Å². The molecule has 7 nitrogen and oxygen atoms in total. The zero-order valence-electron chi connectivity index (χ0n) is 16.4. The first-order chi connectivity index (χ1) is 12.8. The monoisotopic (exact) mass is 412 g/mol. The normalized spacial score (nSPS) is 16.2. The molecule has 0 N–H and O–H groups in total. The number of rotatable bonds is 10. The highest BCUT2D eigenvalue weighted by Crippen LogP contribution is 2.32. The van der Waals surface area contributed by atoms with E-state index in [9.17, 15) is 8.42 Å². The van der Waals surface area contributed by atoms with Crippen molar-refractivity contribution in [3.05, 3.63) is 28.0 Å². The van der Waals surface area contributed by atoms with Crippen LogP contribution in [-0.2, 0) is 27.7 Å². The van der Waals surface area contributed by atoms with Crippen molar-refractivity contribution in [2.75, 3.05) is 26.5 Å². The summed E-state index contributed by atoms with van der Waals surface area (Å²) in [6.45, 7) is 5.61. The van der Waals surface area contributed by atoms with Crippen molar-refractivity contribution in [2.24, 2.45) is 5.92 Å². The number of aromatic nitrogens is 3. The second-order valence-corrected chi connectivity index (χ2v) is 10.1. The lowest BCUT2D eigenvalue weighted by Crippen LogP contribution is -2.25. The molecule has 0 spiro atoms. The molecule has 3 rings (SSSR count). The number of aryl methyl sites for hydroxylation is 1. The van der Waals surface area contributed by atoms with Crippen molar-refractivity contribution < 1.29 is 13.2 Å². The topological polar surface area (TPSA) is 77.3 Å². The highest BCUT2D eigenvalue weighted by molar-refractivity contribution is 7.91. The van der Waals surface area contributed by atoms with E-state index in [1.54, 1.807) is 29.2 Å². The summed E-state index contributed by atoms with van der Waals surface area (Å²) in [5.74, 6) is 0.489. The van der Waals surface area contributed by atoms with Gasteiger partial charge < -0.3 is 9.30 Å². The molecular formula is C18H28N4O3S2. The first-order valence-corrected chi connectivity index (χ1v) is 11.7. The Kier molecular flexibility index (Phi) is 6.35. The van der Waals surface area contributed by atoms with E-state index >= 15 is 0 Å². The Morgan fingerprint density at radius 3 is 2.78 bits per heavy atom. The molecule has 0 aliphatic heterocycles. The number of ether oxygens (including phenoxy) is 1. The minimum Gasteiger partial charge on any atom is -0.383 e. The van der Waals surface area contributed by atoms with Crippen LogP contribution in [0.25, 0.3) is 0 Å². The molecule has 27 heavy (non-hydrogen) atoms. The zero-order chi connectivity index (χ0) is 19.6. The van der Waals surface area contributed by atoms with Crippen LogP contribution in [0.5, 0.6) is 0 Å². The molecule has 0 aromatic carbocycles. The van der Waals surface area contributed by atoms with E-state index in [0.717, 1.165) is 29.2 Å². The second-order valence-electron chi connectivity index (χ2n) is 7.32. The van der Waals surface area contributed by atoms with Gasteiger partial charge in [0, 0.05) is 31.3 Å². The van der Waals surface area contributed by atoms with Crippen LogP contribution in [0.4, 0.5) is 0 Å². The third-order valence-corrected chi connectivity index (χ3v) is 7.84. The molecule has 1 saturated carbocycles. The second kappa shape index (κ2) is 8.38. The molecular weight excluding hydrogens is 384 g/mol. The molecule has 1 atom stereocenters. The molecule has 9 heteroatoms. The summed E-state index contributed by atoms with van der Waals surface area (Å²) in [6, 6.07) is 0.140. The van der Waals surface area contributed by atoms with Crippen LogP contribution in [0.3, 0.4) is 0 Å². The molecule has 2 aromatic heterocycles. The maximum atomic E-state index is 12.8. The lowest BCUT2D eigenvalue weighted by atomic mass is 10.3. The van der Waals surface area contributed by atoms with E-state index < -0.39 is 9.84 Å². The van der Waals surface area contributed by atoms with Gasteiger partial charge in [-0.2, -0.15) is 0 Å². The molecule has 0 saturated heterocycles. The van der Waals surface area contributed by atoms with Crippen molar-refractivity contribution in [3.8, 4) is 0 Å². The Balaban J connectivity index is 1.81. The maximum Gasteiger partial charge on any atom is 0.227 e. The van der Waals surface area contributed by atoms with Gasteiger partial charge in [-0.05, 0) is 39.7 Å². The molecule has 1 aliphatic rings. The van der Waals surface area contributed by atoms with E-state index in [1.165, 1.54) is 0 Å². The van der Waals surface area contributed by atoms with E-state index in [2.05, 4.69) is 21.8 Å². The summed E-state index contributed by atoms with van der Waals surface area (Å²) < 4.78 is 32.5. The standard InChI is InChI=1S/C18H28N4O3S2/c1-13-11-26-17(20-13)14(2)21(3)10-16-9-19-18(22(16)7-8-25-4)27(23,24)12-15-5-6-15/h9,11,14-15H,5-8,10,12H2,1-4H3/t14-/m0/s1. The minimum atomic E-state index is -3.37. The summed E-state index contributed by atoms with van der Waals surface area (Å²) in [5, 5.41) is 3.28. The van der Waals surface area contributed by atoms with Crippen LogP contribution in [0.2, 0.25) is 0 Å². The molecule has 0 unspecified atom stereocenters. The van der Waals surface area contributed by atoms with Gasteiger partial charge >= 0.3 is 0 Å². The largest absolute Gasteiger partial charge is 0.383 e. The van der Waals surface area contributed by atoms with E-state index in [0.29, 0.717) is 25.6 Å². The molecule has 0 bridgehead atoms. The third-order valence-electron chi connectivity index (χ3n) is 4.92. The maximum absolute atomic E-state index is 12.8. The van der Waals surface area contributed by atoms with Crippen LogP contribution in [0.1, 0.15) is 42.2 Å². The van der Waals surface area contributed by atoms with Crippen molar-refractivity contribution in [2.45, 2.75) is 51.0 Å².